The molecule has 3 saturated heterocycles. The maximum absolute atomic E-state index is 14.1. The number of thiazole rings is 1. The molecule has 0 radical (unpaired) electrons. The molecule has 1 aliphatic carbocycles. The van der Waals surface area contributed by atoms with Gasteiger partial charge in [-0.25, -0.2) is 27.0 Å². The molecule has 1 amide bonds. The summed E-state index contributed by atoms with van der Waals surface area (Å²) < 4.78 is 75.6. The van der Waals surface area contributed by atoms with E-state index in [0.717, 1.165) is 46.7 Å². The van der Waals surface area contributed by atoms with Crippen LogP contribution in [0.25, 0.3) is 10.2 Å². The average molecular weight is 681 g/mol. The summed E-state index contributed by atoms with van der Waals surface area (Å²) in [7, 11) is -4.14. The van der Waals surface area contributed by atoms with Crippen LogP contribution in [-0.2, 0) is 30.7 Å². The van der Waals surface area contributed by atoms with Crippen LogP contribution in [0.4, 0.5) is 18.7 Å². The highest BCUT2D eigenvalue weighted by molar-refractivity contribution is 7.89. The Morgan fingerprint density at radius 3 is 2.65 bits per heavy atom. The molecule has 4 heterocycles. The van der Waals surface area contributed by atoms with Crippen molar-refractivity contribution in [3.8, 4) is 0 Å². The number of halogens is 2. The minimum absolute atomic E-state index is 0.00654. The molecule has 4 N–H and O–H groups in total. The summed E-state index contributed by atoms with van der Waals surface area (Å²) in [5.74, 6) is -1.59. The Morgan fingerprint density at radius 1 is 1.17 bits per heavy atom. The molecule has 250 valence electrons. The number of amides is 1. The minimum atomic E-state index is -4.14. The normalized spacial score (nSPS) is 25.6. The monoisotopic (exact) mass is 680 g/mol. The SMILES string of the molecule is CC(C)CN(C[C@@H](O)[C@H](Cc1cc(F)cc(F)c1)NC(=O)OC1C2CCC3CC1OC3OC2)S(=O)(=O)c1ccc2nc(N)sc2c1. The van der Waals surface area contributed by atoms with Crippen LogP contribution in [0.15, 0.2) is 41.3 Å². The van der Waals surface area contributed by atoms with Gasteiger partial charge >= 0.3 is 6.09 Å². The molecule has 4 bridgehead atoms. The van der Waals surface area contributed by atoms with Crippen molar-refractivity contribution in [2.24, 2.45) is 17.8 Å². The maximum atomic E-state index is 14.1. The molecule has 15 heteroatoms. The zero-order valence-corrected chi connectivity index (χ0v) is 27.1. The average Bonchev–Trinajstić information content (AvgIpc) is 3.37. The van der Waals surface area contributed by atoms with E-state index >= 15 is 0 Å². The van der Waals surface area contributed by atoms with Crippen LogP contribution in [0.2, 0.25) is 0 Å². The van der Waals surface area contributed by atoms with Crippen LogP contribution in [0.1, 0.15) is 38.7 Å². The number of fused-ring (bicyclic) bond motifs is 3. The number of carbonyl (C=O) groups excluding carboxylic acids is 1. The number of aliphatic hydroxyl groups excluding tert-OH is 1. The highest BCUT2D eigenvalue weighted by atomic mass is 32.2. The number of carbonyl (C=O) groups is 1. The summed E-state index contributed by atoms with van der Waals surface area (Å²) in [5, 5.41) is 14.5. The zero-order chi connectivity index (χ0) is 32.7. The van der Waals surface area contributed by atoms with Gasteiger partial charge in [0.15, 0.2) is 11.4 Å². The summed E-state index contributed by atoms with van der Waals surface area (Å²) in [5.41, 5.74) is 6.54. The number of ether oxygens (including phenoxy) is 3. The van der Waals surface area contributed by atoms with Crippen LogP contribution >= 0.6 is 11.3 Å². The van der Waals surface area contributed by atoms with Crippen molar-refractivity contribution in [3.05, 3.63) is 53.6 Å². The lowest BCUT2D eigenvalue weighted by atomic mass is 9.96. The topological polar surface area (TPSA) is 153 Å². The number of anilines is 1. The molecule has 0 spiro atoms. The summed E-state index contributed by atoms with van der Waals surface area (Å²) in [6.07, 6.45) is -1.33. The molecule has 4 fully saturated rings. The molecule has 46 heavy (non-hydrogen) atoms. The Morgan fingerprint density at radius 2 is 1.91 bits per heavy atom. The van der Waals surface area contributed by atoms with Gasteiger partial charge in [0.25, 0.3) is 0 Å². The van der Waals surface area contributed by atoms with Gasteiger partial charge in [-0.3, -0.25) is 0 Å². The lowest BCUT2D eigenvalue weighted by Crippen LogP contribution is -2.52. The fourth-order valence-corrected chi connectivity index (χ4v) is 9.17. The molecular formula is C31H38F2N4O7S2. The number of hydrogen-bond donors (Lipinski definition) is 3. The Balaban J connectivity index is 1.24. The van der Waals surface area contributed by atoms with E-state index in [4.69, 9.17) is 19.9 Å². The molecule has 11 nitrogen and oxygen atoms in total. The van der Waals surface area contributed by atoms with E-state index in [0.29, 0.717) is 28.4 Å². The number of benzene rings is 2. The summed E-state index contributed by atoms with van der Waals surface area (Å²) in [6.45, 7) is 3.71. The molecule has 3 aliphatic heterocycles. The predicted molar refractivity (Wildman–Crippen MR) is 166 cm³/mol. The van der Waals surface area contributed by atoms with E-state index in [9.17, 15) is 27.1 Å². The van der Waals surface area contributed by atoms with E-state index in [-0.39, 0.29) is 53.6 Å². The first-order chi connectivity index (χ1) is 21.8. The first kappa shape index (κ1) is 33.0. The highest BCUT2D eigenvalue weighted by Crippen LogP contribution is 2.44. The first-order valence-corrected chi connectivity index (χ1v) is 17.6. The lowest BCUT2D eigenvalue weighted by molar-refractivity contribution is -0.139. The number of hydrogen-bond acceptors (Lipinski definition) is 10. The van der Waals surface area contributed by atoms with Crippen molar-refractivity contribution >= 4 is 42.8 Å². The highest BCUT2D eigenvalue weighted by Gasteiger charge is 2.50. The molecule has 7 rings (SSSR count). The lowest BCUT2D eigenvalue weighted by Gasteiger charge is -2.32. The van der Waals surface area contributed by atoms with Gasteiger partial charge in [0.2, 0.25) is 10.0 Å². The number of rotatable bonds is 11. The van der Waals surface area contributed by atoms with Gasteiger partial charge in [-0.1, -0.05) is 25.2 Å². The van der Waals surface area contributed by atoms with Crippen molar-refractivity contribution in [2.75, 3.05) is 25.4 Å². The number of nitrogens with one attached hydrogen (secondary N) is 1. The third-order valence-corrected chi connectivity index (χ3v) is 11.5. The molecule has 5 unspecified atom stereocenters. The van der Waals surface area contributed by atoms with E-state index in [1.165, 1.54) is 12.1 Å². The molecular weight excluding hydrogens is 642 g/mol. The number of alkyl carbamates (subject to hydrolysis) is 1. The quantitative estimate of drug-likeness (QED) is 0.272. The van der Waals surface area contributed by atoms with Crippen molar-refractivity contribution < 1.29 is 41.3 Å². The van der Waals surface area contributed by atoms with Gasteiger partial charge in [-0.15, -0.1) is 0 Å². The summed E-state index contributed by atoms with van der Waals surface area (Å²) >= 11 is 1.16. The fourth-order valence-electron chi connectivity index (χ4n) is 6.68. The van der Waals surface area contributed by atoms with Gasteiger partial charge in [0, 0.05) is 31.0 Å². The Hall–Kier alpha value is -2.95. The van der Waals surface area contributed by atoms with Crippen LogP contribution < -0.4 is 11.1 Å². The molecule has 1 saturated carbocycles. The number of sulfonamides is 1. The largest absolute Gasteiger partial charge is 0.443 e. The fraction of sp³-hybridized carbons (Fsp3) is 0.548. The Bertz CT molecular complexity index is 1650. The summed E-state index contributed by atoms with van der Waals surface area (Å²) in [4.78, 5) is 17.6. The van der Waals surface area contributed by atoms with Crippen molar-refractivity contribution in [1.82, 2.24) is 14.6 Å². The predicted octanol–water partition coefficient (Wildman–Crippen LogP) is 4.04. The van der Waals surface area contributed by atoms with Crippen molar-refractivity contribution in [1.29, 1.82) is 0 Å². The number of nitrogens with two attached hydrogens (primary N) is 1. The van der Waals surface area contributed by atoms with Gasteiger partial charge in [0.1, 0.15) is 17.7 Å². The van der Waals surface area contributed by atoms with Crippen LogP contribution in [0.5, 0.6) is 0 Å². The molecule has 3 aromatic rings. The van der Waals surface area contributed by atoms with Crippen LogP contribution in [0.3, 0.4) is 0 Å². The second-order valence-corrected chi connectivity index (χ2v) is 15.8. The minimum Gasteiger partial charge on any atom is -0.443 e. The number of aromatic nitrogens is 1. The summed E-state index contributed by atoms with van der Waals surface area (Å²) in [6, 6.07) is 6.24. The van der Waals surface area contributed by atoms with E-state index in [1.54, 1.807) is 6.07 Å². The second-order valence-electron chi connectivity index (χ2n) is 12.8. The Kier molecular flexibility index (Phi) is 9.52. The van der Waals surface area contributed by atoms with Crippen molar-refractivity contribution in [2.45, 2.75) is 75.1 Å². The molecule has 2 aromatic carbocycles. The number of nitrogen functional groups attached to an aromatic ring is 1. The van der Waals surface area contributed by atoms with E-state index < -0.39 is 52.5 Å². The molecule has 4 aliphatic rings. The number of aliphatic hydroxyl groups is 1. The Labute approximate surface area is 270 Å². The molecule has 1 aromatic heterocycles. The van der Waals surface area contributed by atoms with Crippen LogP contribution in [-0.4, -0.2) is 79.2 Å². The number of nitrogens with zero attached hydrogens (tertiary/aromatic N) is 2. The third-order valence-electron chi connectivity index (χ3n) is 8.81. The zero-order valence-electron chi connectivity index (χ0n) is 25.5. The maximum Gasteiger partial charge on any atom is 0.407 e. The third kappa shape index (κ3) is 7.14. The van der Waals surface area contributed by atoms with E-state index in [2.05, 4.69) is 10.3 Å². The second kappa shape index (κ2) is 13.3. The first-order valence-electron chi connectivity index (χ1n) is 15.4. The van der Waals surface area contributed by atoms with Gasteiger partial charge in [-0.05, 0) is 67.5 Å². The smallest absolute Gasteiger partial charge is 0.407 e. The standard InChI is InChI=1S/C31H38F2N4O7S2/c1-16(2)13-37(46(40,41)22-5-6-23-27(12-22)45-30(34)35-23)14-25(38)24(9-17-7-20(32)11-21(33)8-17)36-31(39)44-28-19-4-3-18-10-26(28)43-29(18)42-15-19/h5-8,11-12,16,18-19,24-26,28-29,38H,3-4,9-10,13-15H2,1-2H3,(H2,34,35)(H,36,39)/t18?,19?,24-,25+,26?,28?,29?/m0/s1. The van der Waals surface area contributed by atoms with Gasteiger partial charge in [0.05, 0.1) is 40.0 Å². The van der Waals surface area contributed by atoms with Crippen molar-refractivity contribution in [3.63, 3.8) is 0 Å². The van der Waals surface area contributed by atoms with Gasteiger partial charge < -0.3 is 30.4 Å². The van der Waals surface area contributed by atoms with E-state index in [1.807, 2.05) is 13.8 Å². The van der Waals surface area contributed by atoms with Gasteiger partial charge in [-0.2, -0.15) is 4.31 Å². The molecule has 7 atom stereocenters. The van der Waals surface area contributed by atoms with Crippen LogP contribution in [0, 0.1) is 29.4 Å².